The van der Waals surface area contributed by atoms with Gasteiger partial charge in [-0.15, -0.1) is 11.3 Å². The summed E-state index contributed by atoms with van der Waals surface area (Å²) < 4.78 is 0. The van der Waals surface area contributed by atoms with Crippen molar-refractivity contribution in [3.63, 3.8) is 0 Å². The topological polar surface area (TPSA) is 61.4 Å². The Balaban J connectivity index is 1.53. The Labute approximate surface area is 138 Å². The summed E-state index contributed by atoms with van der Waals surface area (Å²) in [5, 5.41) is 7.66. The fourth-order valence-corrected chi connectivity index (χ4v) is 3.45. The van der Waals surface area contributed by atoms with Crippen molar-refractivity contribution in [2.75, 3.05) is 16.8 Å². The normalized spacial score (nSPS) is 16.1. The fraction of sp³-hybridized carbons (Fsp3) is 0.294. The first-order valence-corrected chi connectivity index (χ1v) is 8.64. The first-order valence-electron chi connectivity index (χ1n) is 7.76. The van der Waals surface area contributed by atoms with Gasteiger partial charge < -0.3 is 15.5 Å². The van der Waals surface area contributed by atoms with Gasteiger partial charge in [0.15, 0.2) is 0 Å². The van der Waals surface area contributed by atoms with Crippen LogP contribution in [0.5, 0.6) is 0 Å². The molecule has 0 unspecified atom stereocenters. The zero-order valence-electron chi connectivity index (χ0n) is 12.5. The lowest BCUT2D eigenvalue weighted by atomic mass is 10.1. The van der Waals surface area contributed by atoms with Crippen LogP contribution in [0.25, 0.3) is 0 Å². The number of amides is 3. The monoisotopic (exact) mass is 327 g/mol. The predicted molar refractivity (Wildman–Crippen MR) is 91.3 cm³/mol. The minimum absolute atomic E-state index is 0.0262. The molecular formula is C17H17N3O2S. The van der Waals surface area contributed by atoms with Gasteiger partial charge in [0.05, 0.1) is 4.88 Å². The van der Waals surface area contributed by atoms with E-state index in [0.29, 0.717) is 18.3 Å². The number of hydrogen-bond donors (Lipinski definition) is 2. The van der Waals surface area contributed by atoms with Gasteiger partial charge in [-0.1, -0.05) is 12.1 Å². The van der Waals surface area contributed by atoms with Crippen molar-refractivity contribution in [2.45, 2.75) is 25.3 Å². The van der Waals surface area contributed by atoms with Gasteiger partial charge >= 0.3 is 6.03 Å². The molecule has 2 N–H and O–H groups in total. The lowest BCUT2D eigenvalue weighted by molar-refractivity contribution is 0.0993. The van der Waals surface area contributed by atoms with Crippen LogP contribution in [0.2, 0.25) is 0 Å². The van der Waals surface area contributed by atoms with Crippen molar-refractivity contribution in [3.8, 4) is 0 Å². The van der Waals surface area contributed by atoms with Gasteiger partial charge in [-0.3, -0.25) is 4.79 Å². The van der Waals surface area contributed by atoms with E-state index in [1.54, 1.807) is 4.90 Å². The SMILES string of the molecule is O=C(Nc1ccc2c(c1)N(C(=O)c1cccs1)CC2)NC1CC1. The Hall–Kier alpha value is -2.34. The highest BCUT2D eigenvalue weighted by molar-refractivity contribution is 7.12. The van der Waals surface area contributed by atoms with Crippen molar-refractivity contribution in [1.29, 1.82) is 0 Å². The molecule has 2 aliphatic rings. The molecule has 4 rings (SSSR count). The number of nitrogens with zero attached hydrogens (tertiary/aromatic N) is 1. The number of thiophene rings is 1. The molecule has 6 heteroatoms. The van der Waals surface area contributed by atoms with Gasteiger partial charge in [-0.2, -0.15) is 0 Å². The number of carbonyl (C=O) groups excluding carboxylic acids is 2. The molecule has 1 aromatic heterocycles. The van der Waals surface area contributed by atoms with Gasteiger partial charge in [0.1, 0.15) is 0 Å². The molecule has 0 spiro atoms. The third-order valence-corrected chi connectivity index (χ3v) is 4.99. The van der Waals surface area contributed by atoms with Crippen molar-refractivity contribution < 1.29 is 9.59 Å². The molecule has 1 fully saturated rings. The van der Waals surface area contributed by atoms with Crippen molar-refractivity contribution >= 4 is 34.6 Å². The maximum absolute atomic E-state index is 12.6. The molecule has 0 saturated heterocycles. The molecule has 0 radical (unpaired) electrons. The summed E-state index contributed by atoms with van der Waals surface area (Å²) in [7, 11) is 0. The molecule has 1 aliphatic carbocycles. The highest BCUT2D eigenvalue weighted by atomic mass is 32.1. The Bertz CT molecular complexity index is 753. The number of benzene rings is 1. The third kappa shape index (κ3) is 2.94. The number of carbonyl (C=O) groups is 2. The van der Waals surface area contributed by atoms with Crippen LogP contribution in [0.15, 0.2) is 35.7 Å². The first-order chi connectivity index (χ1) is 11.2. The zero-order valence-corrected chi connectivity index (χ0v) is 13.4. The minimum Gasteiger partial charge on any atom is -0.335 e. The summed E-state index contributed by atoms with van der Waals surface area (Å²) >= 11 is 1.45. The highest BCUT2D eigenvalue weighted by Crippen LogP contribution is 2.32. The standard InChI is InChI=1S/C17H17N3O2S/c21-16(15-2-1-9-23-15)20-8-7-11-3-4-13(10-14(11)20)19-17(22)18-12-5-6-12/h1-4,9-10,12H,5-8H2,(H2,18,19,22). The Morgan fingerprint density at radius 2 is 2.09 bits per heavy atom. The van der Waals surface area contributed by atoms with Crippen LogP contribution in [0.3, 0.4) is 0 Å². The molecule has 5 nitrogen and oxygen atoms in total. The second-order valence-corrected chi connectivity index (χ2v) is 6.85. The minimum atomic E-state index is -0.179. The molecule has 3 amide bonds. The van der Waals surface area contributed by atoms with Crippen molar-refractivity contribution in [1.82, 2.24) is 5.32 Å². The third-order valence-electron chi connectivity index (χ3n) is 4.13. The number of hydrogen-bond acceptors (Lipinski definition) is 3. The average molecular weight is 327 g/mol. The molecule has 1 aromatic carbocycles. The largest absolute Gasteiger partial charge is 0.335 e. The van der Waals surface area contributed by atoms with Crippen LogP contribution in [-0.4, -0.2) is 24.5 Å². The molecule has 118 valence electrons. The van der Waals surface area contributed by atoms with Crippen LogP contribution >= 0.6 is 11.3 Å². The van der Waals surface area contributed by atoms with E-state index in [9.17, 15) is 9.59 Å². The number of rotatable bonds is 3. The van der Waals surface area contributed by atoms with Crippen LogP contribution in [0.1, 0.15) is 28.1 Å². The quantitative estimate of drug-likeness (QED) is 0.909. The van der Waals surface area contributed by atoms with E-state index in [-0.39, 0.29) is 11.9 Å². The predicted octanol–water partition coefficient (Wildman–Crippen LogP) is 3.23. The second kappa shape index (κ2) is 5.70. The van der Waals surface area contributed by atoms with E-state index < -0.39 is 0 Å². The first kappa shape index (κ1) is 14.3. The van der Waals surface area contributed by atoms with Gasteiger partial charge in [-0.05, 0) is 48.4 Å². The summed E-state index contributed by atoms with van der Waals surface area (Å²) in [6.45, 7) is 0.684. The van der Waals surface area contributed by atoms with Crippen LogP contribution < -0.4 is 15.5 Å². The maximum Gasteiger partial charge on any atom is 0.319 e. The summed E-state index contributed by atoms with van der Waals surface area (Å²) in [6, 6.07) is 9.64. The van der Waals surface area contributed by atoms with Gasteiger partial charge in [0.2, 0.25) is 0 Å². The van der Waals surface area contributed by atoms with E-state index in [0.717, 1.165) is 35.4 Å². The Kier molecular flexibility index (Phi) is 3.53. The Morgan fingerprint density at radius 1 is 1.22 bits per heavy atom. The summed E-state index contributed by atoms with van der Waals surface area (Å²) in [6.07, 6.45) is 2.96. The summed E-state index contributed by atoms with van der Waals surface area (Å²) in [5.41, 5.74) is 2.75. The van der Waals surface area contributed by atoms with Crippen molar-refractivity contribution in [2.24, 2.45) is 0 Å². The fourth-order valence-electron chi connectivity index (χ4n) is 2.78. The molecule has 0 bridgehead atoms. The van der Waals surface area contributed by atoms with Gasteiger partial charge in [0, 0.05) is 24.0 Å². The van der Waals surface area contributed by atoms with Crippen LogP contribution in [0, 0.1) is 0 Å². The van der Waals surface area contributed by atoms with E-state index in [4.69, 9.17) is 0 Å². The van der Waals surface area contributed by atoms with Crippen LogP contribution in [0.4, 0.5) is 16.2 Å². The van der Waals surface area contributed by atoms with E-state index in [2.05, 4.69) is 10.6 Å². The second-order valence-electron chi connectivity index (χ2n) is 5.90. The van der Waals surface area contributed by atoms with Crippen molar-refractivity contribution in [3.05, 3.63) is 46.2 Å². The number of urea groups is 1. The summed E-state index contributed by atoms with van der Waals surface area (Å²) in [4.78, 5) is 27.0. The highest BCUT2D eigenvalue weighted by Gasteiger charge is 2.27. The number of anilines is 2. The number of nitrogens with one attached hydrogen (secondary N) is 2. The molecule has 2 aromatic rings. The molecule has 2 heterocycles. The lowest BCUT2D eigenvalue weighted by Gasteiger charge is -2.17. The smallest absolute Gasteiger partial charge is 0.319 e. The lowest BCUT2D eigenvalue weighted by Crippen LogP contribution is -2.30. The Morgan fingerprint density at radius 3 is 2.83 bits per heavy atom. The number of fused-ring (bicyclic) bond motifs is 1. The summed E-state index contributed by atoms with van der Waals surface area (Å²) in [5.74, 6) is 0.0262. The van der Waals surface area contributed by atoms with Gasteiger partial charge in [-0.25, -0.2) is 4.79 Å². The molecule has 23 heavy (non-hydrogen) atoms. The molecular weight excluding hydrogens is 310 g/mol. The van der Waals surface area contributed by atoms with Crippen LogP contribution in [-0.2, 0) is 6.42 Å². The van der Waals surface area contributed by atoms with Gasteiger partial charge in [0.25, 0.3) is 5.91 Å². The van der Waals surface area contributed by atoms with E-state index in [1.807, 2.05) is 35.7 Å². The molecule has 1 saturated carbocycles. The average Bonchev–Trinajstić information content (AvgIpc) is 3.05. The molecule has 1 aliphatic heterocycles. The van der Waals surface area contributed by atoms with E-state index >= 15 is 0 Å². The maximum atomic E-state index is 12.6. The zero-order chi connectivity index (χ0) is 15.8. The molecule has 0 atom stereocenters. The van der Waals surface area contributed by atoms with E-state index in [1.165, 1.54) is 11.3 Å².